The van der Waals surface area contributed by atoms with E-state index in [1.54, 1.807) is 41.0 Å². The lowest BCUT2D eigenvalue weighted by Gasteiger charge is -2.15. The van der Waals surface area contributed by atoms with Gasteiger partial charge in [0.15, 0.2) is 0 Å². The zero-order valence-electron chi connectivity index (χ0n) is 15.0. The first-order valence-electron chi connectivity index (χ1n) is 8.71. The van der Waals surface area contributed by atoms with Gasteiger partial charge in [-0.2, -0.15) is 0 Å². The minimum Gasteiger partial charge on any atom is -0.288 e. The number of hydrogen-bond donors (Lipinski definition) is 0. The van der Waals surface area contributed by atoms with Crippen molar-refractivity contribution in [1.29, 1.82) is 0 Å². The molecule has 0 radical (unpaired) electrons. The Morgan fingerprint density at radius 1 is 0.964 bits per heavy atom. The number of nitrogens with zero attached hydrogens (tertiary/aromatic N) is 2. The van der Waals surface area contributed by atoms with E-state index >= 15 is 0 Å². The largest absolute Gasteiger partial charge is 0.336 e. The zero-order chi connectivity index (χ0) is 19.8. The lowest BCUT2D eigenvalue weighted by atomic mass is 10.1. The van der Waals surface area contributed by atoms with Gasteiger partial charge in [0, 0.05) is 9.50 Å². The smallest absolute Gasteiger partial charge is 0.288 e. The van der Waals surface area contributed by atoms with Gasteiger partial charge in [0.2, 0.25) is 0 Å². The molecule has 0 bridgehead atoms. The third kappa shape index (κ3) is 3.32. The fourth-order valence-electron chi connectivity index (χ4n) is 3.30. The standard InChI is InChI=1S/C22H16BrClN2O2/c1-14-5-2-3-6-15(14)13-25-20-10-9-16(23)11-19(20)21(27)26(22(25)28)18-8-4-7-17(24)12-18/h2-12H,13H2,1H3. The highest BCUT2D eigenvalue weighted by molar-refractivity contribution is 9.10. The molecule has 0 saturated carbocycles. The van der Waals surface area contributed by atoms with E-state index in [1.807, 2.05) is 37.3 Å². The van der Waals surface area contributed by atoms with Crippen molar-refractivity contribution in [2.75, 3.05) is 0 Å². The molecule has 0 aliphatic heterocycles. The first-order chi connectivity index (χ1) is 13.5. The normalized spacial score (nSPS) is 11.1. The predicted octanol–water partition coefficient (Wildman–Crippen LogP) is 4.93. The second-order valence-electron chi connectivity index (χ2n) is 6.58. The third-order valence-corrected chi connectivity index (χ3v) is 5.49. The summed E-state index contributed by atoms with van der Waals surface area (Å²) in [4.78, 5) is 26.6. The molecule has 0 atom stereocenters. The Morgan fingerprint density at radius 3 is 2.50 bits per heavy atom. The van der Waals surface area contributed by atoms with Gasteiger partial charge in [0.1, 0.15) is 0 Å². The second-order valence-corrected chi connectivity index (χ2v) is 7.93. The summed E-state index contributed by atoms with van der Waals surface area (Å²) in [6.45, 7) is 2.37. The Bertz CT molecular complexity index is 1320. The van der Waals surface area contributed by atoms with Gasteiger partial charge in [-0.3, -0.25) is 9.36 Å². The van der Waals surface area contributed by atoms with Gasteiger partial charge in [-0.05, 0) is 54.4 Å². The summed E-state index contributed by atoms with van der Waals surface area (Å²) in [5.74, 6) is 0. The van der Waals surface area contributed by atoms with E-state index in [0.29, 0.717) is 28.2 Å². The number of fused-ring (bicyclic) bond motifs is 1. The van der Waals surface area contributed by atoms with Crippen LogP contribution >= 0.6 is 27.5 Å². The molecule has 0 unspecified atom stereocenters. The van der Waals surface area contributed by atoms with Gasteiger partial charge in [-0.1, -0.05) is 57.9 Å². The van der Waals surface area contributed by atoms with Crippen LogP contribution in [0.5, 0.6) is 0 Å². The molecule has 140 valence electrons. The molecule has 3 aromatic carbocycles. The molecular weight excluding hydrogens is 440 g/mol. The van der Waals surface area contributed by atoms with Crippen LogP contribution in [-0.4, -0.2) is 9.13 Å². The van der Waals surface area contributed by atoms with E-state index in [1.165, 1.54) is 4.57 Å². The van der Waals surface area contributed by atoms with Crippen LogP contribution in [0.4, 0.5) is 0 Å². The first-order valence-corrected chi connectivity index (χ1v) is 9.88. The van der Waals surface area contributed by atoms with Crippen molar-refractivity contribution in [3.05, 3.63) is 108 Å². The highest BCUT2D eigenvalue weighted by Crippen LogP contribution is 2.19. The van der Waals surface area contributed by atoms with Crippen molar-refractivity contribution in [1.82, 2.24) is 9.13 Å². The molecule has 0 amide bonds. The molecule has 6 heteroatoms. The van der Waals surface area contributed by atoms with Crippen LogP contribution in [0.1, 0.15) is 11.1 Å². The lowest BCUT2D eigenvalue weighted by Crippen LogP contribution is -2.39. The minimum atomic E-state index is -0.398. The van der Waals surface area contributed by atoms with Gasteiger partial charge in [0.25, 0.3) is 5.56 Å². The van der Waals surface area contributed by atoms with Crippen LogP contribution in [0.2, 0.25) is 5.02 Å². The fraction of sp³-hybridized carbons (Fsp3) is 0.0909. The van der Waals surface area contributed by atoms with Crippen LogP contribution in [0, 0.1) is 6.92 Å². The highest BCUT2D eigenvalue weighted by Gasteiger charge is 2.16. The average molecular weight is 456 g/mol. The van der Waals surface area contributed by atoms with Crippen molar-refractivity contribution in [3.63, 3.8) is 0 Å². The van der Waals surface area contributed by atoms with Crippen molar-refractivity contribution in [2.45, 2.75) is 13.5 Å². The van der Waals surface area contributed by atoms with E-state index in [2.05, 4.69) is 15.9 Å². The minimum absolute atomic E-state index is 0.366. The summed E-state index contributed by atoms with van der Waals surface area (Å²) in [5.41, 5.74) is 2.38. The second kappa shape index (κ2) is 7.41. The van der Waals surface area contributed by atoms with Crippen LogP contribution in [-0.2, 0) is 6.54 Å². The van der Waals surface area contributed by atoms with Crippen LogP contribution in [0.15, 0.2) is 80.8 Å². The van der Waals surface area contributed by atoms with E-state index in [0.717, 1.165) is 15.6 Å². The molecule has 4 rings (SSSR count). The fourth-order valence-corrected chi connectivity index (χ4v) is 3.85. The van der Waals surface area contributed by atoms with Crippen molar-refractivity contribution < 1.29 is 0 Å². The summed E-state index contributed by atoms with van der Waals surface area (Å²) in [6, 6.07) is 20.0. The van der Waals surface area contributed by atoms with Crippen molar-refractivity contribution in [2.24, 2.45) is 0 Å². The SMILES string of the molecule is Cc1ccccc1Cn1c(=O)n(-c2cccc(Cl)c2)c(=O)c2cc(Br)ccc21. The van der Waals surface area contributed by atoms with Gasteiger partial charge in [-0.15, -0.1) is 0 Å². The van der Waals surface area contributed by atoms with Gasteiger partial charge in [-0.25, -0.2) is 9.36 Å². The van der Waals surface area contributed by atoms with Crippen LogP contribution in [0.3, 0.4) is 0 Å². The molecule has 28 heavy (non-hydrogen) atoms. The van der Waals surface area contributed by atoms with Crippen LogP contribution in [0.25, 0.3) is 16.6 Å². The number of rotatable bonds is 3. The number of aromatic nitrogens is 2. The summed E-state index contributed by atoms with van der Waals surface area (Å²) in [6.07, 6.45) is 0. The van der Waals surface area contributed by atoms with Crippen LogP contribution < -0.4 is 11.2 Å². The lowest BCUT2D eigenvalue weighted by molar-refractivity contribution is 0.712. The van der Waals surface area contributed by atoms with Gasteiger partial charge < -0.3 is 0 Å². The first kappa shape index (κ1) is 18.7. The molecular formula is C22H16BrClN2O2. The topological polar surface area (TPSA) is 44.0 Å². The van der Waals surface area contributed by atoms with E-state index in [9.17, 15) is 9.59 Å². The average Bonchev–Trinajstić information content (AvgIpc) is 2.67. The predicted molar refractivity (Wildman–Crippen MR) is 117 cm³/mol. The molecule has 0 aliphatic carbocycles. The quantitative estimate of drug-likeness (QED) is 0.440. The van der Waals surface area contributed by atoms with Gasteiger partial charge >= 0.3 is 5.69 Å². The molecule has 4 nitrogen and oxygen atoms in total. The molecule has 0 N–H and O–H groups in total. The molecule has 0 saturated heterocycles. The number of benzene rings is 3. The van der Waals surface area contributed by atoms with E-state index in [4.69, 9.17) is 11.6 Å². The van der Waals surface area contributed by atoms with Crippen molar-refractivity contribution >= 4 is 38.4 Å². The molecule has 1 aromatic heterocycles. The maximum atomic E-state index is 13.4. The number of hydrogen-bond acceptors (Lipinski definition) is 2. The van der Waals surface area contributed by atoms with Crippen molar-refractivity contribution in [3.8, 4) is 5.69 Å². The van der Waals surface area contributed by atoms with Gasteiger partial charge in [0.05, 0.1) is 23.1 Å². The Hall–Kier alpha value is -2.63. The maximum absolute atomic E-state index is 13.4. The molecule has 4 aromatic rings. The summed E-state index contributed by atoms with van der Waals surface area (Å²) < 4.78 is 3.58. The summed E-state index contributed by atoms with van der Waals surface area (Å²) in [7, 11) is 0. The molecule has 1 heterocycles. The Kier molecular flexibility index (Phi) is 4.96. The zero-order valence-corrected chi connectivity index (χ0v) is 17.4. The summed E-state index contributed by atoms with van der Waals surface area (Å²) in [5, 5.41) is 0.922. The third-order valence-electron chi connectivity index (χ3n) is 4.76. The maximum Gasteiger partial charge on any atom is 0.336 e. The number of halogens is 2. The van der Waals surface area contributed by atoms with E-state index < -0.39 is 5.69 Å². The molecule has 0 aliphatic rings. The van der Waals surface area contributed by atoms with E-state index in [-0.39, 0.29) is 5.56 Å². The molecule has 0 spiro atoms. The monoisotopic (exact) mass is 454 g/mol. The summed E-state index contributed by atoms with van der Waals surface area (Å²) >= 11 is 9.53. The Balaban J connectivity index is 2.07. The highest BCUT2D eigenvalue weighted by atomic mass is 79.9. The number of aryl methyl sites for hydroxylation is 1. The Morgan fingerprint density at radius 2 is 1.75 bits per heavy atom. The Labute approximate surface area is 174 Å². The molecule has 0 fully saturated rings.